The van der Waals surface area contributed by atoms with Gasteiger partial charge in [0, 0.05) is 11.6 Å². The molecular weight excluding hydrogens is 260 g/mol. The van der Waals surface area contributed by atoms with Crippen molar-refractivity contribution >= 4 is 5.91 Å². The van der Waals surface area contributed by atoms with Gasteiger partial charge in [-0.15, -0.1) is 0 Å². The van der Waals surface area contributed by atoms with Crippen LogP contribution in [0.1, 0.15) is 54.6 Å². The Kier molecular flexibility index (Phi) is 4.69. The number of aryl methyl sites for hydroxylation is 1. The predicted molar refractivity (Wildman–Crippen MR) is 86.0 cm³/mol. The zero-order chi connectivity index (χ0) is 15.5. The van der Waals surface area contributed by atoms with E-state index in [-0.39, 0.29) is 11.9 Å². The molecule has 1 saturated carbocycles. The molecule has 2 rings (SSSR count). The number of nitrogens with one attached hydrogen (secondary N) is 1. The van der Waals surface area contributed by atoms with E-state index in [2.05, 4.69) is 31.0 Å². The minimum Gasteiger partial charge on any atom is -0.349 e. The molecule has 1 aliphatic rings. The number of hydrogen-bond acceptors (Lipinski definition) is 2. The average molecular weight is 284 g/mol. The van der Waals surface area contributed by atoms with Gasteiger partial charge >= 0.3 is 0 Å². The van der Waals surface area contributed by atoms with Crippen molar-refractivity contribution in [3.05, 3.63) is 34.9 Å². The smallest absolute Gasteiger partial charge is 0.252 e. The lowest BCUT2D eigenvalue weighted by atomic mass is 9.92. The van der Waals surface area contributed by atoms with E-state index in [0.29, 0.717) is 17.5 Å². The second-order valence-corrected chi connectivity index (χ2v) is 6.63. The molecule has 1 amide bonds. The monoisotopic (exact) mass is 284 g/mol. The molecular formula is C18H24N2O. The Hall–Kier alpha value is -1.79. The summed E-state index contributed by atoms with van der Waals surface area (Å²) in [5.74, 6) is 5.78. The maximum absolute atomic E-state index is 12.5. The van der Waals surface area contributed by atoms with Gasteiger partial charge in [0.2, 0.25) is 0 Å². The quantitative estimate of drug-likeness (QED) is 0.820. The zero-order valence-corrected chi connectivity index (χ0v) is 13.1. The van der Waals surface area contributed by atoms with Crippen LogP contribution in [0.2, 0.25) is 0 Å². The number of carbonyl (C=O) groups excluding carboxylic acids is 1. The highest BCUT2D eigenvalue weighted by atomic mass is 16.1. The fourth-order valence-corrected chi connectivity index (χ4v) is 2.92. The van der Waals surface area contributed by atoms with Crippen LogP contribution < -0.4 is 11.1 Å². The topological polar surface area (TPSA) is 55.1 Å². The van der Waals surface area contributed by atoms with Crippen LogP contribution >= 0.6 is 0 Å². The normalized spacial score (nSPS) is 19.7. The SMILES string of the molecule is Cc1ccc(C#CCN)c(C(=O)NC2CCC(C)(C)C2)c1. The van der Waals surface area contributed by atoms with Crippen molar-refractivity contribution in [3.8, 4) is 11.8 Å². The molecule has 1 fully saturated rings. The van der Waals surface area contributed by atoms with Gasteiger partial charge in [-0.25, -0.2) is 0 Å². The molecule has 1 aromatic carbocycles. The maximum Gasteiger partial charge on any atom is 0.252 e. The highest BCUT2D eigenvalue weighted by Crippen LogP contribution is 2.37. The predicted octanol–water partition coefficient (Wildman–Crippen LogP) is 2.61. The second-order valence-electron chi connectivity index (χ2n) is 6.63. The van der Waals surface area contributed by atoms with E-state index in [0.717, 1.165) is 30.4 Å². The molecule has 0 aromatic heterocycles. The molecule has 0 heterocycles. The molecule has 0 bridgehead atoms. The molecule has 0 radical (unpaired) electrons. The molecule has 0 aliphatic heterocycles. The molecule has 1 aliphatic carbocycles. The molecule has 0 saturated heterocycles. The van der Waals surface area contributed by atoms with E-state index in [1.807, 2.05) is 25.1 Å². The summed E-state index contributed by atoms with van der Waals surface area (Å²) in [7, 11) is 0. The lowest BCUT2D eigenvalue weighted by Crippen LogP contribution is -2.34. The summed E-state index contributed by atoms with van der Waals surface area (Å²) in [6.07, 6.45) is 3.24. The number of nitrogens with two attached hydrogens (primary N) is 1. The molecule has 21 heavy (non-hydrogen) atoms. The van der Waals surface area contributed by atoms with Gasteiger partial charge in [-0.05, 0) is 43.7 Å². The Morgan fingerprint density at radius 3 is 2.86 bits per heavy atom. The van der Waals surface area contributed by atoms with Gasteiger partial charge in [-0.1, -0.05) is 37.3 Å². The van der Waals surface area contributed by atoms with Crippen LogP contribution in [0.25, 0.3) is 0 Å². The maximum atomic E-state index is 12.5. The summed E-state index contributed by atoms with van der Waals surface area (Å²) in [6.45, 7) is 6.79. The molecule has 3 nitrogen and oxygen atoms in total. The minimum absolute atomic E-state index is 0.0253. The van der Waals surface area contributed by atoms with Crippen molar-refractivity contribution < 1.29 is 4.79 Å². The van der Waals surface area contributed by atoms with Crippen LogP contribution in [0.15, 0.2) is 18.2 Å². The first-order valence-electron chi connectivity index (χ1n) is 7.52. The summed E-state index contributed by atoms with van der Waals surface area (Å²) in [6, 6.07) is 6.03. The standard InChI is InChI=1S/C18H24N2O/c1-13-6-7-14(5-4-10-19)16(11-13)17(21)20-15-8-9-18(2,3)12-15/h6-7,11,15H,8-10,12,19H2,1-3H3,(H,20,21). The van der Waals surface area contributed by atoms with Gasteiger partial charge in [0.15, 0.2) is 0 Å². The van der Waals surface area contributed by atoms with Gasteiger partial charge in [-0.3, -0.25) is 4.79 Å². The van der Waals surface area contributed by atoms with E-state index in [9.17, 15) is 4.79 Å². The third-order valence-electron chi connectivity index (χ3n) is 4.05. The van der Waals surface area contributed by atoms with Crippen molar-refractivity contribution in [2.24, 2.45) is 11.1 Å². The Morgan fingerprint density at radius 1 is 1.48 bits per heavy atom. The van der Waals surface area contributed by atoms with E-state index in [1.54, 1.807) is 0 Å². The highest BCUT2D eigenvalue weighted by molar-refractivity contribution is 5.97. The molecule has 0 spiro atoms. The summed E-state index contributed by atoms with van der Waals surface area (Å²) in [5, 5.41) is 3.16. The van der Waals surface area contributed by atoms with Gasteiger partial charge in [-0.2, -0.15) is 0 Å². The van der Waals surface area contributed by atoms with E-state index < -0.39 is 0 Å². The molecule has 3 heteroatoms. The molecule has 1 atom stereocenters. The first-order valence-corrected chi connectivity index (χ1v) is 7.52. The Balaban J connectivity index is 2.17. The van der Waals surface area contributed by atoms with Crippen LogP contribution in [0, 0.1) is 24.2 Å². The van der Waals surface area contributed by atoms with E-state index >= 15 is 0 Å². The van der Waals surface area contributed by atoms with Gasteiger partial charge in [0.05, 0.1) is 12.1 Å². The van der Waals surface area contributed by atoms with Crippen LogP contribution in [-0.2, 0) is 0 Å². The first-order chi connectivity index (χ1) is 9.91. The van der Waals surface area contributed by atoms with Crippen molar-refractivity contribution in [2.45, 2.75) is 46.1 Å². The van der Waals surface area contributed by atoms with Crippen molar-refractivity contribution in [1.82, 2.24) is 5.32 Å². The number of benzene rings is 1. The Labute approximate surface area is 127 Å². The highest BCUT2D eigenvalue weighted by Gasteiger charge is 2.32. The number of hydrogen-bond donors (Lipinski definition) is 2. The lowest BCUT2D eigenvalue weighted by Gasteiger charge is -2.18. The average Bonchev–Trinajstić information content (AvgIpc) is 2.76. The Morgan fingerprint density at radius 2 is 2.24 bits per heavy atom. The van der Waals surface area contributed by atoms with Gasteiger partial charge < -0.3 is 11.1 Å². The fraction of sp³-hybridized carbons (Fsp3) is 0.500. The first kappa shape index (κ1) is 15.6. The van der Waals surface area contributed by atoms with Crippen LogP contribution in [-0.4, -0.2) is 18.5 Å². The van der Waals surface area contributed by atoms with E-state index in [4.69, 9.17) is 5.73 Å². The third kappa shape index (κ3) is 4.09. The second kappa shape index (κ2) is 6.32. The summed E-state index contributed by atoms with van der Waals surface area (Å²) in [5.41, 5.74) is 8.21. The molecule has 1 unspecified atom stereocenters. The zero-order valence-electron chi connectivity index (χ0n) is 13.1. The van der Waals surface area contributed by atoms with E-state index in [1.165, 1.54) is 0 Å². The van der Waals surface area contributed by atoms with Crippen molar-refractivity contribution in [2.75, 3.05) is 6.54 Å². The number of carbonyl (C=O) groups is 1. The largest absolute Gasteiger partial charge is 0.349 e. The van der Waals surface area contributed by atoms with Gasteiger partial charge in [0.1, 0.15) is 0 Å². The van der Waals surface area contributed by atoms with Gasteiger partial charge in [0.25, 0.3) is 5.91 Å². The number of rotatable bonds is 2. The lowest BCUT2D eigenvalue weighted by molar-refractivity contribution is 0.0935. The van der Waals surface area contributed by atoms with Crippen LogP contribution in [0.5, 0.6) is 0 Å². The van der Waals surface area contributed by atoms with Crippen molar-refractivity contribution in [1.29, 1.82) is 0 Å². The number of amides is 1. The fourth-order valence-electron chi connectivity index (χ4n) is 2.92. The molecule has 1 aromatic rings. The summed E-state index contributed by atoms with van der Waals surface area (Å²) >= 11 is 0. The molecule has 3 N–H and O–H groups in total. The van der Waals surface area contributed by atoms with Crippen LogP contribution in [0.3, 0.4) is 0 Å². The Bertz CT molecular complexity index is 593. The minimum atomic E-state index is -0.0253. The third-order valence-corrected chi connectivity index (χ3v) is 4.05. The molecule has 112 valence electrons. The van der Waals surface area contributed by atoms with Crippen molar-refractivity contribution in [3.63, 3.8) is 0 Å². The summed E-state index contributed by atoms with van der Waals surface area (Å²) in [4.78, 5) is 12.5. The van der Waals surface area contributed by atoms with Crippen LogP contribution in [0.4, 0.5) is 0 Å². The summed E-state index contributed by atoms with van der Waals surface area (Å²) < 4.78 is 0.